The fraction of sp³-hybridized carbons (Fsp3) is 0.387. The molecule has 0 fully saturated rings. The highest BCUT2D eigenvalue weighted by molar-refractivity contribution is 5.91. The van der Waals surface area contributed by atoms with Crippen LogP contribution in [0.5, 0.6) is 11.5 Å². The van der Waals surface area contributed by atoms with Crippen LogP contribution in [0.3, 0.4) is 0 Å². The first-order chi connectivity index (χ1) is 16.5. The van der Waals surface area contributed by atoms with Crippen molar-refractivity contribution in [2.45, 2.75) is 65.2 Å². The molecule has 0 atom stereocenters. The third-order valence-corrected chi connectivity index (χ3v) is 5.87. The zero-order chi connectivity index (χ0) is 25.5. The Kier molecular flexibility index (Phi) is 8.61. The standard InChI is InChI=1S/C31H39NO3/c1-30(2,3)24-14-19-28(27(21-24)31(4,5)6)35-22-29(33)32-25-15-17-26(18-16-25)34-20-10-13-23-11-8-7-9-12-23/h7-9,11-12,14-19,21H,10,13,20,22H2,1-6H3,(H,32,33). The zero-order valence-corrected chi connectivity index (χ0v) is 22.0. The van der Waals surface area contributed by atoms with Crippen molar-refractivity contribution >= 4 is 11.6 Å². The van der Waals surface area contributed by atoms with Gasteiger partial charge in [0.15, 0.2) is 6.61 Å². The molecule has 0 saturated carbocycles. The van der Waals surface area contributed by atoms with Crippen molar-refractivity contribution in [1.82, 2.24) is 0 Å². The van der Waals surface area contributed by atoms with Gasteiger partial charge in [0, 0.05) is 5.69 Å². The van der Waals surface area contributed by atoms with E-state index in [1.54, 1.807) is 0 Å². The van der Waals surface area contributed by atoms with Gasteiger partial charge < -0.3 is 14.8 Å². The Morgan fingerprint density at radius 2 is 1.49 bits per heavy atom. The first kappa shape index (κ1) is 26.3. The molecule has 35 heavy (non-hydrogen) atoms. The summed E-state index contributed by atoms with van der Waals surface area (Å²) in [6.07, 6.45) is 1.94. The lowest BCUT2D eigenvalue weighted by Crippen LogP contribution is -2.22. The third kappa shape index (κ3) is 8.17. The highest BCUT2D eigenvalue weighted by Crippen LogP contribution is 2.35. The van der Waals surface area contributed by atoms with Crippen molar-refractivity contribution in [2.75, 3.05) is 18.5 Å². The number of anilines is 1. The quantitative estimate of drug-likeness (QED) is 0.331. The van der Waals surface area contributed by atoms with E-state index in [1.165, 1.54) is 11.1 Å². The van der Waals surface area contributed by atoms with Gasteiger partial charge in [-0.05, 0) is 70.7 Å². The average Bonchev–Trinajstić information content (AvgIpc) is 2.81. The Morgan fingerprint density at radius 1 is 0.800 bits per heavy atom. The predicted molar refractivity (Wildman–Crippen MR) is 145 cm³/mol. The zero-order valence-electron chi connectivity index (χ0n) is 22.0. The molecule has 4 nitrogen and oxygen atoms in total. The number of hydrogen-bond acceptors (Lipinski definition) is 3. The average molecular weight is 474 g/mol. The van der Waals surface area contributed by atoms with E-state index in [2.05, 4.69) is 83.3 Å². The minimum absolute atomic E-state index is 0.0460. The number of benzene rings is 3. The summed E-state index contributed by atoms with van der Waals surface area (Å²) in [7, 11) is 0. The lowest BCUT2D eigenvalue weighted by atomic mass is 9.80. The fourth-order valence-corrected chi connectivity index (χ4v) is 3.79. The molecule has 3 aromatic rings. The van der Waals surface area contributed by atoms with Crippen molar-refractivity contribution in [3.8, 4) is 11.5 Å². The SMILES string of the molecule is CC(C)(C)c1ccc(OCC(=O)Nc2ccc(OCCCc3ccccc3)cc2)c(C(C)(C)C)c1. The van der Waals surface area contributed by atoms with Crippen LogP contribution in [-0.2, 0) is 22.0 Å². The maximum Gasteiger partial charge on any atom is 0.262 e. The number of ether oxygens (including phenoxy) is 2. The van der Waals surface area contributed by atoms with E-state index in [-0.39, 0.29) is 23.3 Å². The second-order valence-electron chi connectivity index (χ2n) is 11.0. The van der Waals surface area contributed by atoms with Gasteiger partial charge in [-0.1, -0.05) is 84.0 Å². The van der Waals surface area contributed by atoms with Gasteiger partial charge in [0.1, 0.15) is 11.5 Å². The van der Waals surface area contributed by atoms with E-state index in [9.17, 15) is 4.79 Å². The Morgan fingerprint density at radius 3 is 2.11 bits per heavy atom. The summed E-state index contributed by atoms with van der Waals surface area (Å²) in [5.74, 6) is 1.35. The predicted octanol–water partition coefficient (Wildman–Crippen LogP) is 7.31. The van der Waals surface area contributed by atoms with Gasteiger partial charge in [-0.2, -0.15) is 0 Å². The lowest BCUT2D eigenvalue weighted by Gasteiger charge is -2.27. The van der Waals surface area contributed by atoms with Crippen molar-refractivity contribution < 1.29 is 14.3 Å². The summed E-state index contributed by atoms with van der Waals surface area (Å²) >= 11 is 0. The molecule has 0 bridgehead atoms. The summed E-state index contributed by atoms with van der Waals surface area (Å²) < 4.78 is 11.8. The molecule has 0 heterocycles. The van der Waals surface area contributed by atoms with Gasteiger partial charge in [0.2, 0.25) is 0 Å². The molecule has 0 radical (unpaired) electrons. The van der Waals surface area contributed by atoms with Gasteiger partial charge in [0.05, 0.1) is 6.61 Å². The highest BCUT2D eigenvalue weighted by atomic mass is 16.5. The van der Waals surface area contributed by atoms with Crippen LogP contribution >= 0.6 is 0 Å². The van der Waals surface area contributed by atoms with E-state index in [0.717, 1.165) is 35.6 Å². The molecule has 0 aliphatic rings. The van der Waals surface area contributed by atoms with E-state index >= 15 is 0 Å². The third-order valence-electron chi connectivity index (χ3n) is 5.87. The Balaban J connectivity index is 1.50. The number of nitrogens with one attached hydrogen (secondary N) is 1. The van der Waals surface area contributed by atoms with Crippen LogP contribution in [0.15, 0.2) is 72.8 Å². The molecule has 4 heteroatoms. The largest absolute Gasteiger partial charge is 0.494 e. The van der Waals surface area contributed by atoms with Gasteiger partial charge in [-0.3, -0.25) is 4.79 Å². The van der Waals surface area contributed by atoms with Gasteiger partial charge in [-0.25, -0.2) is 0 Å². The minimum atomic E-state index is -0.193. The molecular weight excluding hydrogens is 434 g/mol. The highest BCUT2D eigenvalue weighted by Gasteiger charge is 2.23. The smallest absolute Gasteiger partial charge is 0.262 e. The first-order valence-corrected chi connectivity index (χ1v) is 12.4. The molecule has 186 valence electrons. The second-order valence-corrected chi connectivity index (χ2v) is 11.0. The van der Waals surface area contributed by atoms with Gasteiger partial charge in [0.25, 0.3) is 5.91 Å². The molecule has 0 aliphatic carbocycles. The lowest BCUT2D eigenvalue weighted by molar-refractivity contribution is -0.118. The van der Waals surface area contributed by atoms with Crippen LogP contribution in [0.1, 0.15) is 64.7 Å². The van der Waals surface area contributed by atoms with Crippen LogP contribution in [0.4, 0.5) is 5.69 Å². The summed E-state index contributed by atoms with van der Waals surface area (Å²) in [4.78, 5) is 12.5. The molecule has 0 spiro atoms. The van der Waals surface area contributed by atoms with E-state index in [0.29, 0.717) is 6.61 Å². The van der Waals surface area contributed by atoms with E-state index in [1.807, 2.05) is 36.4 Å². The molecule has 0 unspecified atom stereocenters. The Labute approximate surface area is 210 Å². The molecule has 1 N–H and O–H groups in total. The van der Waals surface area contributed by atoms with Crippen LogP contribution in [0, 0.1) is 0 Å². The molecule has 0 aliphatic heterocycles. The Hall–Kier alpha value is -3.27. The Bertz CT molecular complexity index is 1090. The fourth-order valence-electron chi connectivity index (χ4n) is 3.79. The maximum absolute atomic E-state index is 12.5. The second kappa shape index (κ2) is 11.4. The topological polar surface area (TPSA) is 47.6 Å². The van der Waals surface area contributed by atoms with Gasteiger partial charge >= 0.3 is 0 Å². The molecule has 1 amide bonds. The maximum atomic E-state index is 12.5. The molecule has 0 aromatic heterocycles. The number of rotatable bonds is 9. The summed E-state index contributed by atoms with van der Waals surface area (Å²) in [5.41, 5.74) is 4.34. The van der Waals surface area contributed by atoms with E-state index < -0.39 is 0 Å². The van der Waals surface area contributed by atoms with Crippen LogP contribution in [-0.4, -0.2) is 19.1 Å². The number of carbonyl (C=O) groups excluding carboxylic acids is 1. The van der Waals surface area contributed by atoms with E-state index in [4.69, 9.17) is 9.47 Å². The number of aryl methyl sites for hydroxylation is 1. The van der Waals surface area contributed by atoms with Crippen molar-refractivity contribution in [3.63, 3.8) is 0 Å². The van der Waals surface area contributed by atoms with Crippen molar-refractivity contribution in [3.05, 3.63) is 89.5 Å². The van der Waals surface area contributed by atoms with Crippen LogP contribution in [0.2, 0.25) is 0 Å². The normalized spacial score (nSPS) is 11.7. The minimum Gasteiger partial charge on any atom is -0.494 e. The van der Waals surface area contributed by atoms with Crippen LogP contribution in [0.25, 0.3) is 0 Å². The first-order valence-electron chi connectivity index (χ1n) is 12.4. The van der Waals surface area contributed by atoms with Crippen molar-refractivity contribution in [2.24, 2.45) is 0 Å². The number of hydrogen-bond donors (Lipinski definition) is 1. The molecule has 3 rings (SSSR count). The summed E-state index contributed by atoms with van der Waals surface area (Å²) in [6.45, 7) is 13.7. The summed E-state index contributed by atoms with van der Waals surface area (Å²) in [5, 5.41) is 2.90. The molecular formula is C31H39NO3. The van der Waals surface area contributed by atoms with Gasteiger partial charge in [-0.15, -0.1) is 0 Å². The summed E-state index contributed by atoms with van der Waals surface area (Å²) in [6, 6.07) is 24.1. The van der Waals surface area contributed by atoms with Crippen molar-refractivity contribution in [1.29, 1.82) is 0 Å². The number of carbonyl (C=O) groups is 1. The monoisotopic (exact) mass is 473 g/mol. The number of amides is 1. The molecule has 0 saturated heterocycles. The van der Waals surface area contributed by atoms with Crippen LogP contribution < -0.4 is 14.8 Å². The molecule has 3 aromatic carbocycles.